The highest BCUT2D eigenvalue weighted by Gasteiger charge is 2.32. The number of nitrogen functional groups attached to an aromatic ring is 1. The average Bonchev–Trinajstić information content (AvgIpc) is 3.19. The van der Waals surface area contributed by atoms with E-state index in [1.807, 2.05) is 0 Å². The van der Waals surface area contributed by atoms with Crippen LogP contribution in [0.3, 0.4) is 0 Å². The van der Waals surface area contributed by atoms with Crippen LogP contribution in [0.25, 0.3) is 11.2 Å². The van der Waals surface area contributed by atoms with Gasteiger partial charge >= 0.3 is 11.9 Å². The molecule has 2 aromatic rings. The lowest BCUT2D eigenvalue weighted by Gasteiger charge is -2.26. The topological polar surface area (TPSA) is 182 Å². The summed E-state index contributed by atoms with van der Waals surface area (Å²) in [6.45, 7) is 7.13. The molecule has 0 aliphatic heterocycles. The van der Waals surface area contributed by atoms with E-state index in [0.29, 0.717) is 17.7 Å². The van der Waals surface area contributed by atoms with E-state index in [1.165, 1.54) is 27.3 Å². The Morgan fingerprint density at radius 1 is 1.12 bits per heavy atom. The number of nitrogens with zero attached hydrogens (tertiary/aromatic N) is 4. The Balaban J connectivity index is 2.07. The Bertz CT molecular complexity index is 1000. The predicted molar refractivity (Wildman–Crippen MR) is 123 cm³/mol. The van der Waals surface area contributed by atoms with Crippen LogP contribution in [0.15, 0.2) is 6.33 Å². The van der Waals surface area contributed by atoms with Gasteiger partial charge in [-0.2, -0.15) is 9.97 Å². The lowest BCUT2D eigenvalue weighted by atomic mass is 10.4. The number of hydrogen-bond donors (Lipinski definition) is 3. The third-order valence-corrected chi connectivity index (χ3v) is 6.63. The van der Waals surface area contributed by atoms with Crippen LogP contribution in [0, 0.1) is 0 Å². The van der Waals surface area contributed by atoms with E-state index in [1.54, 1.807) is 18.4 Å². The summed E-state index contributed by atoms with van der Waals surface area (Å²) < 4.78 is 35.9. The maximum atomic E-state index is 13.5. The fraction of sp³-hybridized carbons (Fsp3) is 0.632. The van der Waals surface area contributed by atoms with E-state index in [2.05, 4.69) is 25.1 Å². The normalized spacial score (nSPS) is 13.4. The monoisotopic (exact) mass is 501 g/mol. The standard InChI is InChI=1S/C19H32N7O7P/c1-6-32-17(27)12(3)24-34(29,25-13(4)18(28)33-7-2)11-31-9-8-26-10-21-14-15(26)22-19(20)23-16(14)30-5/h10,12-13H,6-9,11H2,1-5H3,(H2,20,22,23)(H2,24,25,29)/t12-,13-/m0/s1. The number of ether oxygens (including phenoxy) is 4. The summed E-state index contributed by atoms with van der Waals surface area (Å²) in [5, 5.41) is 5.43. The second kappa shape index (κ2) is 12.6. The van der Waals surface area contributed by atoms with E-state index < -0.39 is 31.5 Å². The van der Waals surface area contributed by atoms with Crippen molar-refractivity contribution in [3.8, 4) is 5.88 Å². The van der Waals surface area contributed by atoms with Crippen molar-refractivity contribution in [2.24, 2.45) is 0 Å². The number of nitrogens with two attached hydrogens (primary N) is 1. The molecule has 0 bridgehead atoms. The van der Waals surface area contributed by atoms with Gasteiger partial charge in [-0.05, 0) is 27.7 Å². The number of aromatic nitrogens is 4. The molecule has 2 atom stereocenters. The highest BCUT2D eigenvalue weighted by molar-refractivity contribution is 7.59. The summed E-state index contributed by atoms with van der Waals surface area (Å²) in [6, 6.07) is -1.80. The smallest absolute Gasteiger partial charge is 0.323 e. The Labute approximate surface area is 197 Å². The molecule has 0 aliphatic rings. The summed E-state index contributed by atoms with van der Waals surface area (Å²) in [7, 11) is -2.12. The molecule has 0 aliphatic carbocycles. The third-order valence-electron chi connectivity index (χ3n) is 4.48. The zero-order valence-electron chi connectivity index (χ0n) is 19.9. The van der Waals surface area contributed by atoms with Gasteiger partial charge in [0.05, 0.1) is 33.3 Å². The summed E-state index contributed by atoms with van der Waals surface area (Å²) in [5.41, 5.74) is 6.62. The van der Waals surface area contributed by atoms with E-state index in [4.69, 9.17) is 24.7 Å². The number of fused-ring (bicyclic) bond motifs is 1. The Kier molecular flexibility index (Phi) is 10.2. The first-order chi connectivity index (χ1) is 16.1. The second-order valence-electron chi connectivity index (χ2n) is 7.18. The van der Waals surface area contributed by atoms with Crippen LogP contribution in [0.5, 0.6) is 5.88 Å². The second-order valence-corrected chi connectivity index (χ2v) is 9.44. The van der Waals surface area contributed by atoms with Crippen molar-refractivity contribution in [2.75, 3.05) is 39.0 Å². The van der Waals surface area contributed by atoms with Crippen LogP contribution >= 0.6 is 7.44 Å². The molecule has 190 valence electrons. The summed E-state index contributed by atoms with van der Waals surface area (Å²) in [4.78, 5) is 36.4. The highest BCUT2D eigenvalue weighted by atomic mass is 31.2. The molecule has 14 nitrogen and oxygen atoms in total. The molecule has 34 heavy (non-hydrogen) atoms. The Morgan fingerprint density at radius 2 is 1.71 bits per heavy atom. The summed E-state index contributed by atoms with van der Waals surface area (Å²) in [6.07, 6.45) is 1.22. The molecule has 2 aromatic heterocycles. The minimum absolute atomic E-state index is 0.0332. The highest BCUT2D eigenvalue weighted by Crippen LogP contribution is 2.37. The number of rotatable bonds is 14. The maximum Gasteiger partial charge on any atom is 0.323 e. The molecule has 0 saturated heterocycles. The fourth-order valence-electron chi connectivity index (χ4n) is 2.97. The van der Waals surface area contributed by atoms with Gasteiger partial charge in [0, 0.05) is 6.54 Å². The van der Waals surface area contributed by atoms with Crippen molar-refractivity contribution in [1.29, 1.82) is 0 Å². The number of methoxy groups -OCH3 is 1. The quantitative estimate of drug-likeness (QED) is 0.187. The molecule has 0 spiro atoms. The van der Waals surface area contributed by atoms with Crippen LogP contribution in [0.2, 0.25) is 0 Å². The Morgan fingerprint density at radius 3 is 2.24 bits per heavy atom. The van der Waals surface area contributed by atoms with Gasteiger partial charge in [0.15, 0.2) is 11.2 Å². The van der Waals surface area contributed by atoms with Crippen molar-refractivity contribution in [1.82, 2.24) is 29.7 Å². The van der Waals surface area contributed by atoms with Crippen molar-refractivity contribution < 1.29 is 33.1 Å². The fourth-order valence-corrected chi connectivity index (χ4v) is 5.05. The van der Waals surface area contributed by atoms with Gasteiger partial charge in [-0.15, -0.1) is 0 Å². The van der Waals surface area contributed by atoms with Gasteiger partial charge in [-0.25, -0.2) is 15.2 Å². The predicted octanol–water partition coefficient (Wildman–Crippen LogP) is 0.667. The molecule has 2 rings (SSSR count). The number of esters is 2. The first kappa shape index (κ1) is 27.4. The number of carbonyl (C=O) groups is 2. The molecular weight excluding hydrogens is 469 g/mol. The van der Waals surface area contributed by atoms with Crippen molar-refractivity contribution in [3.63, 3.8) is 0 Å². The number of hydrogen-bond acceptors (Lipinski definition) is 11. The lowest BCUT2D eigenvalue weighted by Crippen LogP contribution is -2.42. The van der Waals surface area contributed by atoms with Gasteiger partial charge in [0.25, 0.3) is 0 Å². The first-order valence-corrected chi connectivity index (χ1v) is 12.6. The van der Waals surface area contributed by atoms with Crippen LogP contribution in [0.1, 0.15) is 27.7 Å². The molecule has 4 N–H and O–H groups in total. The van der Waals surface area contributed by atoms with E-state index in [0.717, 1.165) is 0 Å². The van der Waals surface area contributed by atoms with Gasteiger partial charge in [0.2, 0.25) is 19.3 Å². The minimum atomic E-state index is -3.58. The molecular formula is C19H32N7O7P. The summed E-state index contributed by atoms with van der Waals surface area (Å²) in [5.74, 6) is -0.874. The van der Waals surface area contributed by atoms with Gasteiger partial charge < -0.3 is 29.2 Å². The molecule has 0 fully saturated rings. The maximum absolute atomic E-state index is 13.5. The molecule has 15 heteroatoms. The zero-order valence-corrected chi connectivity index (χ0v) is 20.8. The number of imidazole rings is 1. The van der Waals surface area contributed by atoms with Gasteiger partial charge in [0.1, 0.15) is 18.4 Å². The van der Waals surface area contributed by atoms with Crippen LogP contribution in [0.4, 0.5) is 5.95 Å². The molecule has 0 unspecified atom stereocenters. The largest absolute Gasteiger partial charge is 0.479 e. The van der Waals surface area contributed by atoms with Crippen LogP contribution in [-0.2, 0) is 34.9 Å². The zero-order chi connectivity index (χ0) is 25.3. The van der Waals surface area contributed by atoms with Crippen molar-refractivity contribution in [2.45, 2.75) is 46.3 Å². The molecule has 2 heterocycles. The lowest BCUT2D eigenvalue weighted by molar-refractivity contribution is -0.145. The number of carbonyl (C=O) groups excluding carboxylic acids is 2. The molecule has 0 amide bonds. The van der Waals surface area contributed by atoms with Crippen molar-refractivity contribution in [3.05, 3.63) is 6.33 Å². The Hall–Kier alpha value is -2.80. The van der Waals surface area contributed by atoms with E-state index in [9.17, 15) is 14.2 Å². The van der Waals surface area contributed by atoms with Crippen LogP contribution < -0.4 is 20.6 Å². The number of anilines is 1. The SMILES string of the molecule is CCOC(=O)[C@H](C)NP(=O)(COCCn1cnc2c(OC)nc(N)nc21)N[C@@H](C)C(=O)OCC. The van der Waals surface area contributed by atoms with E-state index >= 15 is 0 Å². The average molecular weight is 501 g/mol. The van der Waals surface area contributed by atoms with E-state index in [-0.39, 0.29) is 38.0 Å². The van der Waals surface area contributed by atoms with Gasteiger partial charge in [-0.1, -0.05) is 0 Å². The summed E-state index contributed by atoms with van der Waals surface area (Å²) >= 11 is 0. The third kappa shape index (κ3) is 7.35. The van der Waals surface area contributed by atoms with Crippen molar-refractivity contribution >= 4 is 36.5 Å². The molecule has 0 saturated carbocycles. The van der Waals surface area contributed by atoms with Gasteiger partial charge in [-0.3, -0.25) is 14.2 Å². The molecule has 0 radical (unpaired) electrons. The minimum Gasteiger partial charge on any atom is -0.479 e. The number of nitrogens with one attached hydrogen (secondary N) is 2. The van der Waals surface area contributed by atoms with Crippen LogP contribution in [-0.4, -0.2) is 76.8 Å². The molecule has 0 aromatic carbocycles. The first-order valence-electron chi connectivity index (χ1n) is 10.7.